The van der Waals surface area contributed by atoms with Crippen molar-refractivity contribution in [3.63, 3.8) is 0 Å². The Morgan fingerprint density at radius 1 is 1.03 bits per heavy atom. The predicted molar refractivity (Wildman–Crippen MR) is 131 cm³/mol. The summed E-state index contributed by atoms with van der Waals surface area (Å²) in [5.74, 6) is -0.723. The molecule has 3 heterocycles. The van der Waals surface area contributed by atoms with Gasteiger partial charge in [0.05, 0.1) is 6.42 Å². The molecule has 2 fully saturated rings. The molecule has 2 aliphatic rings. The number of phenols is 1. The van der Waals surface area contributed by atoms with E-state index >= 15 is 0 Å². The van der Waals surface area contributed by atoms with Gasteiger partial charge in [0.1, 0.15) is 24.5 Å². The van der Waals surface area contributed by atoms with Crippen molar-refractivity contribution in [1.82, 2.24) is 9.80 Å². The SMILES string of the molecule is O=C(OCc1ccccc1)[C@@H]1COC(=O)N1C1CCN(C(=O)Cc2cc(=O)oc3cc(O)ccc23)CC1. The standard InChI is InChI=1S/C27H26N2O8/c30-20-6-7-21-18(13-25(32)37-23(21)14-20)12-24(31)28-10-8-19(9-11-28)29-22(16-36-27(29)34)26(33)35-15-17-4-2-1-3-5-17/h1-7,13-14,19,22,30H,8-12,15-16H2/t22-/m0/s1. The van der Waals surface area contributed by atoms with Crippen molar-refractivity contribution in [3.05, 3.63) is 76.1 Å². The normalized spacial score (nSPS) is 18.2. The zero-order chi connectivity index (χ0) is 25.9. The van der Waals surface area contributed by atoms with E-state index < -0.39 is 23.7 Å². The number of fused-ring (bicyclic) bond motifs is 1. The van der Waals surface area contributed by atoms with Gasteiger partial charge in [-0.3, -0.25) is 9.69 Å². The van der Waals surface area contributed by atoms with Gasteiger partial charge in [0, 0.05) is 36.7 Å². The van der Waals surface area contributed by atoms with Gasteiger partial charge in [0.2, 0.25) is 5.91 Å². The van der Waals surface area contributed by atoms with Gasteiger partial charge in [-0.05, 0) is 36.1 Å². The lowest BCUT2D eigenvalue weighted by molar-refractivity contribution is -0.150. The number of carbonyl (C=O) groups excluding carboxylic acids is 3. The Bertz CT molecular complexity index is 1380. The van der Waals surface area contributed by atoms with E-state index in [9.17, 15) is 24.3 Å². The minimum Gasteiger partial charge on any atom is -0.508 e. The molecular weight excluding hydrogens is 480 g/mol. The largest absolute Gasteiger partial charge is 0.508 e. The lowest BCUT2D eigenvalue weighted by atomic mass is 10.0. The number of carbonyl (C=O) groups is 3. The van der Waals surface area contributed by atoms with Crippen LogP contribution >= 0.6 is 0 Å². The Kier molecular flexibility index (Phi) is 6.80. The zero-order valence-corrected chi connectivity index (χ0v) is 20.0. The van der Waals surface area contributed by atoms with E-state index in [0.29, 0.717) is 36.9 Å². The quantitative estimate of drug-likeness (QED) is 0.399. The fourth-order valence-electron chi connectivity index (χ4n) is 4.88. The first-order chi connectivity index (χ1) is 17.9. The molecule has 1 N–H and O–H groups in total. The van der Waals surface area contributed by atoms with Crippen molar-refractivity contribution in [3.8, 4) is 5.75 Å². The number of hydrogen-bond donors (Lipinski definition) is 1. The van der Waals surface area contributed by atoms with Gasteiger partial charge in [-0.1, -0.05) is 30.3 Å². The highest BCUT2D eigenvalue weighted by Gasteiger charge is 2.44. The van der Waals surface area contributed by atoms with E-state index in [0.717, 1.165) is 5.56 Å². The molecule has 5 rings (SSSR count). The topological polar surface area (TPSA) is 127 Å². The van der Waals surface area contributed by atoms with Crippen LogP contribution in [0.15, 0.2) is 63.8 Å². The van der Waals surface area contributed by atoms with Crippen LogP contribution in [0.4, 0.5) is 4.79 Å². The molecule has 0 radical (unpaired) electrons. The fourth-order valence-corrected chi connectivity index (χ4v) is 4.88. The first-order valence-electron chi connectivity index (χ1n) is 12.1. The monoisotopic (exact) mass is 506 g/mol. The molecule has 192 valence electrons. The van der Waals surface area contributed by atoms with Gasteiger partial charge in [0.25, 0.3) is 0 Å². The number of cyclic esters (lactones) is 1. The van der Waals surface area contributed by atoms with Gasteiger partial charge in [-0.25, -0.2) is 14.4 Å². The number of piperidine rings is 1. The van der Waals surface area contributed by atoms with E-state index in [1.54, 1.807) is 11.0 Å². The summed E-state index contributed by atoms with van der Waals surface area (Å²) in [6.07, 6.45) is 0.402. The van der Waals surface area contributed by atoms with E-state index in [2.05, 4.69) is 0 Å². The maximum atomic E-state index is 13.0. The molecule has 10 nitrogen and oxygen atoms in total. The van der Waals surface area contributed by atoms with Crippen molar-refractivity contribution in [2.24, 2.45) is 0 Å². The number of benzene rings is 2. The van der Waals surface area contributed by atoms with E-state index in [1.165, 1.54) is 23.1 Å². The highest BCUT2D eigenvalue weighted by molar-refractivity contribution is 5.88. The molecule has 3 aromatic rings. The van der Waals surface area contributed by atoms with Crippen LogP contribution in [0.2, 0.25) is 0 Å². The van der Waals surface area contributed by atoms with Crippen molar-refractivity contribution >= 4 is 28.9 Å². The number of esters is 1. The van der Waals surface area contributed by atoms with Crippen LogP contribution in [0.25, 0.3) is 11.0 Å². The first kappa shape index (κ1) is 24.4. The number of rotatable bonds is 6. The Morgan fingerprint density at radius 3 is 2.54 bits per heavy atom. The zero-order valence-electron chi connectivity index (χ0n) is 20.0. The average Bonchev–Trinajstić information content (AvgIpc) is 3.29. The van der Waals surface area contributed by atoms with E-state index in [-0.39, 0.29) is 42.9 Å². The van der Waals surface area contributed by atoms with E-state index in [1.807, 2.05) is 30.3 Å². The van der Waals surface area contributed by atoms with Crippen molar-refractivity contribution < 1.29 is 33.4 Å². The van der Waals surface area contributed by atoms with Crippen LogP contribution in [-0.2, 0) is 32.1 Å². The molecule has 1 aromatic heterocycles. The van der Waals surface area contributed by atoms with Crippen molar-refractivity contribution in [1.29, 1.82) is 0 Å². The van der Waals surface area contributed by atoms with Crippen LogP contribution in [0.5, 0.6) is 5.75 Å². The fraction of sp³-hybridized carbons (Fsp3) is 0.333. The van der Waals surface area contributed by atoms with Crippen LogP contribution in [-0.4, -0.2) is 64.7 Å². The number of nitrogens with zero attached hydrogens (tertiary/aromatic N) is 2. The van der Waals surface area contributed by atoms with Crippen LogP contribution < -0.4 is 5.63 Å². The number of aromatic hydroxyl groups is 1. The highest BCUT2D eigenvalue weighted by atomic mass is 16.6. The van der Waals surface area contributed by atoms with Gasteiger partial charge >= 0.3 is 17.7 Å². The molecule has 2 saturated heterocycles. The summed E-state index contributed by atoms with van der Waals surface area (Å²) in [4.78, 5) is 53.3. The molecule has 0 saturated carbocycles. The van der Waals surface area contributed by atoms with Crippen LogP contribution in [0, 0.1) is 0 Å². The molecule has 0 spiro atoms. The molecule has 0 unspecified atom stereocenters. The second-order valence-electron chi connectivity index (χ2n) is 9.15. The molecule has 0 aliphatic carbocycles. The summed E-state index contributed by atoms with van der Waals surface area (Å²) in [5, 5.41) is 10.2. The average molecular weight is 507 g/mol. The maximum Gasteiger partial charge on any atom is 0.410 e. The lowest BCUT2D eigenvalue weighted by Gasteiger charge is -2.37. The number of hydrogen-bond acceptors (Lipinski definition) is 8. The van der Waals surface area contributed by atoms with Gasteiger partial charge in [-0.15, -0.1) is 0 Å². The highest BCUT2D eigenvalue weighted by Crippen LogP contribution is 2.26. The minimum atomic E-state index is -0.824. The van der Waals surface area contributed by atoms with E-state index in [4.69, 9.17) is 13.9 Å². The molecule has 0 bridgehead atoms. The Labute approximate surface area is 212 Å². The third kappa shape index (κ3) is 5.28. The molecule has 2 aromatic carbocycles. The first-order valence-corrected chi connectivity index (χ1v) is 12.1. The summed E-state index contributed by atoms with van der Waals surface area (Å²) >= 11 is 0. The molecule has 10 heteroatoms. The smallest absolute Gasteiger partial charge is 0.410 e. The van der Waals surface area contributed by atoms with Gasteiger partial charge in [-0.2, -0.15) is 0 Å². The molecule has 1 atom stereocenters. The minimum absolute atomic E-state index is 0.00225. The maximum absolute atomic E-state index is 13.0. The summed E-state index contributed by atoms with van der Waals surface area (Å²) < 4.78 is 15.7. The third-order valence-corrected chi connectivity index (χ3v) is 6.77. The predicted octanol–water partition coefficient (Wildman–Crippen LogP) is 2.60. The number of ether oxygens (including phenoxy) is 2. The summed E-state index contributed by atoms with van der Waals surface area (Å²) in [6, 6.07) is 13.9. The Morgan fingerprint density at radius 2 is 1.78 bits per heavy atom. The molecule has 37 heavy (non-hydrogen) atoms. The van der Waals surface area contributed by atoms with Crippen molar-refractivity contribution in [2.75, 3.05) is 19.7 Å². The second-order valence-corrected chi connectivity index (χ2v) is 9.15. The number of likely N-dealkylation sites (tertiary alicyclic amines) is 1. The van der Waals surface area contributed by atoms with Crippen LogP contribution in [0.1, 0.15) is 24.0 Å². The second kappa shape index (κ2) is 10.3. The summed E-state index contributed by atoms with van der Waals surface area (Å²) in [5.41, 5.74) is 0.979. The molecule has 2 amide bonds. The Balaban J connectivity index is 1.20. The van der Waals surface area contributed by atoms with Gasteiger partial charge in [0.15, 0.2) is 6.04 Å². The molecule has 2 aliphatic heterocycles. The Hall–Kier alpha value is -4.34. The summed E-state index contributed by atoms with van der Waals surface area (Å²) in [7, 11) is 0. The van der Waals surface area contributed by atoms with Crippen LogP contribution in [0.3, 0.4) is 0 Å². The summed E-state index contributed by atoms with van der Waals surface area (Å²) in [6.45, 7) is 0.820. The number of phenolic OH excluding ortho intramolecular Hbond substituents is 1. The lowest BCUT2D eigenvalue weighted by Crippen LogP contribution is -2.52. The third-order valence-electron chi connectivity index (χ3n) is 6.77. The number of amides is 2. The van der Waals surface area contributed by atoms with Crippen molar-refractivity contribution in [2.45, 2.75) is 38.0 Å². The molecular formula is C27H26N2O8. The van der Waals surface area contributed by atoms with Gasteiger partial charge < -0.3 is 23.9 Å².